The average Bonchev–Trinajstić information content (AvgIpc) is 3.48. The number of carbonyl (C=O) groups excluding carboxylic acids is 1. The summed E-state index contributed by atoms with van der Waals surface area (Å²) in [6.45, 7) is 1.90. The number of aliphatic hydroxyl groups is 1. The molecule has 11 heteroatoms. The van der Waals surface area contributed by atoms with Gasteiger partial charge in [-0.2, -0.15) is 5.10 Å². The van der Waals surface area contributed by atoms with Gasteiger partial charge >= 0.3 is 0 Å². The minimum Gasteiger partial charge on any atom is -0.381 e. The maximum atomic E-state index is 13.1. The van der Waals surface area contributed by atoms with E-state index in [0.717, 1.165) is 31.5 Å². The van der Waals surface area contributed by atoms with Crippen molar-refractivity contribution >= 4 is 23.8 Å². The van der Waals surface area contributed by atoms with Gasteiger partial charge in [0.25, 0.3) is 0 Å². The molecule has 2 fully saturated rings. The van der Waals surface area contributed by atoms with Crippen LogP contribution in [-0.2, 0) is 15.5 Å². The first kappa shape index (κ1) is 23.7. The van der Waals surface area contributed by atoms with Crippen LogP contribution in [0.15, 0.2) is 24.8 Å². The topological polar surface area (TPSA) is 137 Å². The van der Waals surface area contributed by atoms with Gasteiger partial charge in [0, 0.05) is 31.3 Å². The molecule has 10 nitrogen and oxygen atoms in total. The second-order valence-electron chi connectivity index (χ2n) is 8.36. The number of nitrogens with two attached hydrogens (primary N) is 1. The molecule has 0 spiro atoms. The standard InChI is InChI=1S/C22H28N6O4S/c23-33-32-14-16-2-3-17(12-16)26-21-18(13-24-15-25-21)20(29)19-4-9-28(27-19)8-1-5-22(30)6-10-31-11-7-22/h4,9,13,15-17,30H,2-3,6-8,10-12,14,23H2,(H,24,25,26). The van der Waals surface area contributed by atoms with Crippen LogP contribution in [0.5, 0.6) is 0 Å². The summed E-state index contributed by atoms with van der Waals surface area (Å²) in [6, 6.07) is 1.85. The lowest BCUT2D eigenvalue weighted by atomic mass is 9.95. The molecular weight excluding hydrogens is 444 g/mol. The molecular formula is C22H28N6O4S. The summed E-state index contributed by atoms with van der Waals surface area (Å²) in [5, 5.41) is 23.5. The first-order chi connectivity index (χ1) is 16.1. The van der Waals surface area contributed by atoms with Gasteiger partial charge in [0.2, 0.25) is 5.78 Å². The number of rotatable bonds is 8. The Morgan fingerprint density at radius 1 is 1.42 bits per heavy atom. The molecule has 4 rings (SSSR count). The second-order valence-corrected chi connectivity index (χ2v) is 8.79. The molecule has 2 unspecified atom stereocenters. The van der Waals surface area contributed by atoms with E-state index in [0.29, 0.717) is 50.0 Å². The van der Waals surface area contributed by atoms with Crippen molar-refractivity contribution in [1.82, 2.24) is 19.7 Å². The van der Waals surface area contributed by atoms with Gasteiger partial charge in [0.15, 0.2) is 0 Å². The zero-order chi connectivity index (χ0) is 23.1. The summed E-state index contributed by atoms with van der Waals surface area (Å²) in [6.07, 6.45) is 8.54. The Kier molecular flexibility index (Phi) is 7.95. The van der Waals surface area contributed by atoms with E-state index in [1.54, 1.807) is 16.9 Å². The first-order valence-corrected chi connectivity index (χ1v) is 11.8. The van der Waals surface area contributed by atoms with Crippen LogP contribution in [0.1, 0.15) is 48.2 Å². The largest absolute Gasteiger partial charge is 0.381 e. The van der Waals surface area contributed by atoms with Crippen LogP contribution < -0.4 is 10.5 Å². The molecule has 0 amide bonds. The van der Waals surface area contributed by atoms with Crippen molar-refractivity contribution < 1.29 is 18.8 Å². The van der Waals surface area contributed by atoms with Crippen LogP contribution >= 0.6 is 12.2 Å². The molecule has 1 aliphatic carbocycles. The van der Waals surface area contributed by atoms with Crippen molar-refractivity contribution in [1.29, 1.82) is 0 Å². The van der Waals surface area contributed by atoms with Gasteiger partial charge in [-0.05, 0) is 31.2 Å². The zero-order valence-corrected chi connectivity index (χ0v) is 19.1. The number of aromatic nitrogens is 4. The molecule has 1 aliphatic heterocycles. The molecule has 2 aliphatic rings. The SMILES string of the molecule is NSOCC1CCC(Nc2ncncc2C(=O)c2ccn(CC#CC3(O)CCOCC3)n2)C1. The number of nitrogens with zero attached hydrogens (tertiary/aromatic N) is 4. The van der Waals surface area contributed by atoms with Crippen LogP contribution in [0.3, 0.4) is 0 Å². The fourth-order valence-electron chi connectivity index (χ4n) is 4.13. The van der Waals surface area contributed by atoms with Gasteiger partial charge in [0.05, 0.1) is 37.6 Å². The van der Waals surface area contributed by atoms with Gasteiger partial charge in [-0.1, -0.05) is 11.8 Å². The van der Waals surface area contributed by atoms with E-state index in [-0.39, 0.29) is 24.1 Å². The van der Waals surface area contributed by atoms with E-state index < -0.39 is 5.60 Å². The van der Waals surface area contributed by atoms with Gasteiger partial charge in [-0.15, -0.1) is 0 Å². The van der Waals surface area contributed by atoms with Crippen molar-refractivity contribution in [3.05, 3.63) is 36.0 Å². The molecule has 176 valence electrons. The molecule has 4 N–H and O–H groups in total. The van der Waals surface area contributed by atoms with Crippen LogP contribution in [-0.4, -0.2) is 62.1 Å². The molecule has 2 aromatic heterocycles. The summed E-state index contributed by atoms with van der Waals surface area (Å²) in [5.41, 5.74) is -0.347. The van der Waals surface area contributed by atoms with Crippen molar-refractivity contribution in [3.8, 4) is 11.8 Å². The van der Waals surface area contributed by atoms with Crippen LogP contribution in [0.25, 0.3) is 0 Å². The van der Waals surface area contributed by atoms with Gasteiger partial charge < -0.3 is 19.3 Å². The number of nitrogens with one attached hydrogen (secondary N) is 1. The number of anilines is 1. The quantitative estimate of drug-likeness (QED) is 0.225. The summed E-state index contributed by atoms with van der Waals surface area (Å²) in [7, 11) is 0. The third-order valence-corrected chi connectivity index (χ3v) is 6.24. The summed E-state index contributed by atoms with van der Waals surface area (Å²) < 4.78 is 12.1. The van der Waals surface area contributed by atoms with Gasteiger partial charge in [0.1, 0.15) is 30.0 Å². The van der Waals surface area contributed by atoms with Crippen molar-refractivity contribution in [2.45, 2.75) is 50.3 Å². The highest BCUT2D eigenvalue weighted by atomic mass is 32.2. The third kappa shape index (κ3) is 6.31. The van der Waals surface area contributed by atoms with E-state index in [1.165, 1.54) is 12.5 Å². The lowest BCUT2D eigenvalue weighted by Crippen LogP contribution is -2.34. The number of ketones is 1. The minimum absolute atomic E-state index is 0.201. The minimum atomic E-state index is -1.01. The molecule has 1 saturated heterocycles. The number of carbonyl (C=O) groups is 1. The second kappa shape index (κ2) is 11.1. The van der Waals surface area contributed by atoms with E-state index in [1.807, 2.05) is 0 Å². The maximum absolute atomic E-state index is 13.1. The number of ether oxygens (including phenoxy) is 1. The summed E-state index contributed by atoms with van der Waals surface area (Å²) >= 11 is 0.891. The van der Waals surface area contributed by atoms with Crippen molar-refractivity contribution in [2.75, 3.05) is 25.1 Å². The lowest BCUT2D eigenvalue weighted by molar-refractivity contribution is -0.0262. The lowest BCUT2D eigenvalue weighted by Gasteiger charge is -2.26. The average molecular weight is 473 g/mol. The van der Waals surface area contributed by atoms with Crippen molar-refractivity contribution in [3.63, 3.8) is 0 Å². The highest BCUT2D eigenvalue weighted by molar-refractivity contribution is 7.92. The van der Waals surface area contributed by atoms with E-state index in [9.17, 15) is 9.90 Å². The Morgan fingerprint density at radius 2 is 2.27 bits per heavy atom. The Morgan fingerprint density at radius 3 is 3.09 bits per heavy atom. The highest BCUT2D eigenvalue weighted by Gasteiger charge is 2.28. The van der Waals surface area contributed by atoms with Gasteiger partial charge in [-0.25, -0.2) is 9.97 Å². The smallest absolute Gasteiger partial charge is 0.218 e. The molecule has 0 radical (unpaired) electrons. The molecule has 33 heavy (non-hydrogen) atoms. The molecule has 0 bridgehead atoms. The van der Waals surface area contributed by atoms with Crippen LogP contribution in [0.4, 0.5) is 5.82 Å². The van der Waals surface area contributed by atoms with Crippen molar-refractivity contribution in [2.24, 2.45) is 11.1 Å². The Bertz CT molecular complexity index is 1010. The van der Waals surface area contributed by atoms with Crippen LogP contribution in [0.2, 0.25) is 0 Å². The normalized spacial score (nSPS) is 21.9. The fourth-order valence-corrected chi connectivity index (χ4v) is 4.40. The zero-order valence-electron chi connectivity index (χ0n) is 18.3. The fraction of sp³-hybridized carbons (Fsp3) is 0.545. The molecule has 1 saturated carbocycles. The Hall–Kier alpha value is -2.49. The van der Waals surface area contributed by atoms with E-state index >= 15 is 0 Å². The van der Waals surface area contributed by atoms with Crippen LogP contribution in [0, 0.1) is 17.8 Å². The third-order valence-electron chi connectivity index (χ3n) is 5.97. The number of hydrogen-bond acceptors (Lipinski definition) is 10. The summed E-state index contributed by atoms with van der Waals surface area (Å²) in [5.74, 6) is 6.55. The number of hydrogen-bond donors (Lipinski definition) is 3. The maximum Gasteiger partial charge on any atom is 0.218 e. The Labute approximate surface area is 197 Å². The molecule has 0 aromatic carbocycles. The van der Waals surface area contributed by atoms with E-state index in [4.69, 9.17) is 14.1 Å². The molecule has 2 aromatic rings. The summed E-state index contributed by atoms with van der Waals surface area (Å²) in [4.78, 5) is 21.4. The Balaban J connectivity index is 1.39. The highest BCUT2D eigenvalue weighted by Crippen LogP contribution is 2.29. The van der Waals surface area contributed by atoms with Gasteiger partial charge in [-0.3, -0.25) is 14.6 Å². The molecule has 3 heterocycles. The van der Waals surface area contributed by atoms with E-state index in [2.05, 4.69) is 32.2 Å². The predicted molar refractivity (Wildman–Crippen MR) is 123 cm³/mol. The monoisotopic (exact) mass is 472 g/mol. The molecule has 2 atom stereocenters. The predicted octanol–water partition coefficient (Wildman–Crippen LogP) is 1.57. The first-order valence-electron chi connectivity index (χ1n) is 11.0.